The van der Waals surface area contributed by atoms with E-state index < -0.39 is 38.4 Å². The van der Waals surface area contributed by atoms with Gasteiger partial charge in [0.1, 0.15) is 5.82 Å². The highest BCUT2D eigenvalue weighted by Crippen LogP contribution is 2.14. The van der Waals surface area contributed by atoms with Crippen molar-refractivity contribution in [3.8, 4) is 0 Å². The fourth-order valence-corrected chi connectivity index (χ4v) is 2.28. The molecule has 0 aliphatic heterocycles. The van der Waals surface area contributed by atoms with E-state index in [9.17, 15) is 17.6 Å². The summed E-state index contributed by atoms with van der Waals surface area (Å²) >= 11 is 0. The van der Waals surface area contributed by atoms with Crippen LogP contribution in [0.25, 0.3) is 0 Å². The predicted molar refractivity (Wildman–Crippen MR) is 60.2 cm³/mol. The van der Waals surface area contributed by atoms with Crippen LogP contribution in [-0.2, 0) is 10.0 Å². The summed E-state index contributed by atoms with van der Waals surface area (Å²) in [6, 6.07) is 2.47. The summed E-state index contributed by atoms with van der Waals surface area (Å²) in [7, 11) is -3.96. The minimum Gasteiger partial charge on any atom is -0.478 e. The second-order valence-corrected chi connectivity index (χ2v) is 5.41. The third-order valence-electron chi connectivity index (χ3n) is 2.05. The maximum absolute atomic E-state index is 13.3. The molecule has 0 amide bonds. The lowest BCUT2D eigenvalue weighted by Crippen LogP contribution is -2.30. The van der Waals surface area contributed by atoms with Crippen molar-refractivity contribution in [1.82, 2.24) is 4.72 Å². The summed E-state index contributed by atoms with van der Waals surface area (Å²) in [5, 5.41) is 17.6. The Balaban J connectivity index is 3.04. The molecule has 1 unspecified atom stereocenters. The Morgan fingerprint density at radius 2 is 2.11 bits per heavy atom. The highest BCUT2D eigenvalue weighted by molar-refractivity contribution is 7.89. The molecule has 0 aromatic heterocycles. The molecule has 0 fully saturated rings. The van der Waals surface area contributed by atoms with Crippen LogP contribution in [0.4, 0.5) is 4.39 Å². The summed E-state index contributed by atoms with van der Waals surface area (Å²) in [4.78, 5) is 10.2. The molecule has 0 heterocycles. The molecule has 3 N–H and O–H groups in total. The highest BCUT2D eigenvalue weighted by atomic mass is 32.2. The summed E-state index contributed by atoms with van der Waals surface area (Å²) in [5.41, 5.74) is -0.607. The average Bonchev–Trinajstić information content (AvgIpc) is 2.26. The fraction of sp³-hybridized carbons (Fsp3) is 0.300. The summed E-state index contributed by atoms with van der Waals surface area (Å²) in [6.07, 6.45) is -0.886. The van der Waals surface area contributed by atoms with Crippen LogP contribution in [0.1, 0.15) is 17.3 Å². The molecule has 1 aromatic rings. The number of aromatic carboxylic acids is 1. The van der Waals surface area contributed by atoms with Crippen LogP contribution < -0.4 is 4.72 Å². The first-order chi connectivity index (χ1) is 8.24. The number of benzene rings is 1. The molecule has 1 rings (SSSR count). The normalized spacial score (nSPS) is 13.3. The number of aliphatic hydroxyl groups excluding tert-OH is 1. The van der Waals surface area contributed by atoms with Crippen molar-refractivity contribution in [3.05, 3.63) is 29.6 Å². The molecule has 8 heteroatoms. The summed E-state index contributed by atoms with van der Waals surface area (Å²) < 4.78 is 38.6. The predicted octanol–water partition coefficient (Wildman–Crippen LogP) is 0.183. The van der Waals surface area contributed by atoms with Gasteiger partial charge in [-0.25, -0.2) is 22.3 Å². The lowest BCUT2D eigenvalue weighted by molar-refractivity contribution is 0.0691. The molecule has 0 bridgehead atoms. The van der Waals surface area contributed by atoms with E-state index in [1.807, 2.05) is 0 Å². The molecular weight excluding hydrogens is 265 g/mol. The van der Waals surface area contributed by atoms with Gasteiger partial charge in [-0.3, -0.25) is 0 Å². The van der Waals surface area contributed by atoms with Gasteiger partial charge >= 0.3 is 5.97 Å². The Hall–Kier alpha value is -1.51. The second kappa shape index (κ2) is 5.42. The van der Waals surface area contributed by atoms with Crippen LogP contribution in [-0.4, -0.2) is 37.2 Å². The minimum absolute atomic E-state index is 0.218. The maximum atomic E-state index is 13.3. The Morgan fingerprint density at radius 3 is 2.56 bits per heavy atom. The molecule has 6 nitrogen and oxygen atoms in total. The number of hydrogen-bond donors (Lipinski definition) is 3. The van der Waals surface area contributed by atoms with Crippen molar-refractivity contribution in [2.24, 2.45) is 0 Å². The number of carboxylic acid groups (broad SMARTS) is 1. The first-order valence-corrected chi connectivity index (χ1v) is 6.43. The number of hydrogen-bond acceptors (Lipinski definition) is 4. The van der Waals surface area contributed by atoms with E-state index in [0.29, 0.717) is 6.07 Å². The molecule has 0 saturated heterocycles. The number of carbonyl (C=O) groups is 1. The first-order valence-electron chi connectivity index (χ1n) is 4.94. The van der Waals surface area contributed by atoms with Gasteiger partial charge in [0.05, 0.1) is 16.6 Å². The largest absolute Gasteiger partial charge is 0.478 e. The molecule has 100 valence electrons. The van der Waals surface area contributed by atoms with Crippen molar-refractivity contribution in [1.29, 1.82) is 0 Å². The number of aliphatic hydroxyl groups is 1. The van der Waals surface area contributed by atoms with Crippen molar-refractivity contribution in [2.45, 2.75) is 17.9 Å². The Labute approximate surface area is 103 Å². The first kappa shape index (κ1) is 14.6. The smallest absolute Gasteiger partial charge is 0.338 e. The van der Waals surface area contributed by atoms with Gasteiger partial charge < -0.3 is 10.2 Å². The molecule has 0 saturated carbocycles. The molecule has 0 radical (unpaired) electrons. The summed E-state index contributed by atoms with van der Waals surface area (Å²) in [6.45, 7) is 1.17. The van der Waals surface area contributed by atoms with E-state index in [2.05, 4.69) is 4.72 Å². The average molecular weight is 277 g/mol. The van der Waals surface area contributed by atoms with E-state index in [1.54, 1.807) is 0 Å². The molecule has 0 spiro atoms. The summed E-state index contributed by atoms with van der Waals surface area (Å²) in [5.74, 6) is -2.61. The van der Waals surface area contributed by atoms with Crippen LogP contribution in [0.5, 0.6) is 0 Å². The third-order valence-corrected chi connectivity index (χ3v) is 3.47. The number of halogens is 1. The second-order valence-electron chi connectivity index (χ2n) is 3.65. The maximum Gasteiger partial charge on any atom is 0.338 e. The minimum atomic E-state index is -3.96. The molecule has 1 atom stereocenters. The topological polar surface area (TPSA) is 104 Å². The van der Waals surface area contributed by atoms with Gasteiger partial charge in [0.2, 0.25) is 10.0 Å². The van der Waals surface area contributed by atoms with Crippen molar-refractivity contribution < 1.29 is 27.8 Å². The third kappa shape index (κ3) is 3.49. The van der Waals surface area contributed by atoms with Crippen LogP contribution in [0.15, 0.2) is 23.1 Å². The standard InChI is InChI=1S/C10H12FNO5S/c1-6(13)5-12-18(16,17)7-2-3-8(10(14)15)9(11)4-7/h2-4,6,12-13H,5H2,1H3,(H,14,15). The van der Waals surface area contributed by atoms with Gasteiger partial charge in [0, 0.05) is 6.54 Å². The van der Waals surface area contributed by atoms with Gasteiger partial charge in [0.25, 0.3) is 0 Å². The van der Waals surface area contributed by atoms with Gasteiger partial charge in [-0.2, -0.15) is 0 Å². The quantitative estimate of drug-likeness (QED) is 0.712. The number of rotatable bonds is 5. The molecule has 18 heavy (non-hydrogen) atoms. The Bertz CT molecular complexity index is 555. The van der Waals surface area contributed by atoms with E-state index in [1.165, 1.54) is 6.92 Å². The lowest BCUT2D eigenvalue weighted by Gasteiger charge is -2.08. The Morgan fingerprint density at radius 1 is 1.50 bits per heavy atom. The molecule has 1 aromatic carbocycles. The molecule has 0 aliphatic rings. The lowest BCUT2D eigenvalue weighted by atomic mass is 10.2. The van der Waals surface area contributed by atoms with E-state index in [0.717, 1.165) is 12.1 Å². The van der Waals surface area contributed by atoms with Crippen LogP contribution in [0.2, 0.25) is 0 Å². The van der Waals surface area contributed by atoms with E-state index >= 15 is 0 Å². The van der Waals surface area contributed by atoms with Gasteiger partial charge in [-0.05, 0) is 25.1 Å². The zero-order chi connectivity index (χ0) is 13.9. The number of carboxylic acids is 1. The highest BCUT2D eigenvalue weighted by Gasteiger charge is 2.18. The van der Waals surface area contributed by atoms with Crippen LogP contribution in [0.3, 0.4) is 0 Å². The number of sulfonamides is 1. The zero-order valence-electron chi connectivity index (χ0n) is 9.42. The van der Waals surface area contributed by atoms with E-state index in [4.69, 9.17) is 10.2 Å². The molecule has 0 aliphatic carbocycles. The van der Waals surface area contributed by atoms with Crippen molar-refractivity contribution >= 4 is 16.0 Å². The number of nitrogens with one attached hydrogen (secondary N) is 1. The molecular formula is C10H12FNO5S. The Kier molecular flexibility index (Phi) is 4.38. The SMILES string of the molecule is CC(O)CNS(=O)(=O)c1ccc(C(=O)O)c(F)c1. The monoisotopic (exact) mass is 277 g/mol. The zero-order valence-corrected chi connectivity index (χ0v) is 10.2. The van der Waals surface area contributed by atoms with Crippen molar-refractivity contribution in [2.75, 3.05) is 6.54 Å². The van der Waals surface area contributed by atoms with Gasteiger partial charge in [0.15, 0.2) is 0 Å². The van der Waals surface area contributed by atoms with Crippen LogP contribution in [0, 0.1) is 5.82 Å². The van der Waals surface area contributed by atoms with E-state index in [-0.39, 0.29) is 6.54 Å². The fourth-order valence-electron chi connectivity index (χ4n) is 1.15. The van der Waals surface area contributed by atoms with Gasteiger partial charge in [-0.15, -0.1) is 0 Å². The van der Waals surface area contributed by atoms with Crippen LogP contribution >= 0.6 is 0 Å². The van der Waals surface area contributed by atoms with Crippen molar-refractivity contribution in [3.63, 3.8) is 0 Å². The van der Waals surface area contributed by atoms with Gasteiger partial charge in [-0.1, -0.05) is 0 Å².